The molecule has 0 aliphatic heterocycles. The van der Waals surface area contributed by atoms with Crippen molar-refractivity contribution in [2.24, 2.45) is 5.92 Å². The lowest BCUT2D eigenvalue weighted by Gasteiger charge is -2.08. The Morgan fingerprint density at radius 1 is 1.10 bits per heavy atom. The van der Waals surface area contributed by atoms with Crippen LogP contribution in [0.15, 0.2) is 24.3 Å². The van der Waals surface area contributed by atoms with E-state index in [0.717, 1.165) is 6.42 Å². The lowest BCUT2D eigenvalue weighted by molar-refractivity contribution is -0.255. The summed E-state index contributed by atoms with van der Waals surface area (Å²) in [7, 11) is 0. The van der Waals surface area contributed by atoms with Gasteiger partial charge in [-0.25, -0.2) is 0 Å². The van der Waals surface area contributed by atoms with Gasteiger partial charge < -0.3 is 20.5 Å². The average Bonchev–Trinajstić information content (AvgIpc) is 2.38. The zero-order chi connectivity index (χ0) is 15.8. The summed E-state index contributed by atoms with van der Waals surface area (Å²) in [5.41, 5.74) is 0.458. The number of anilines is 1. The van der Waals surface area contributed by atoms with Crippen molar-refractivity contribution in [2.75, 3.05) is 11.9 Å². The molecule has 0 saturated carbocycles. The molecule has 0 aliphatic carbocycles. The Morgan fingerprint density at radius 3 is 2.24 bits per heavy atom. The van der Waals surface area contributed by atoms with E-state index in [0.29, 0.717) is 18.2 Å². The molecule has 6 heteroatoms. The van der Waals surface area contributed by atoms with Gasteiger partial charge in [0, 0.05) is 12.2 Å². The van der Waals surface area contributed by atoms with Crippen LogP contribution in [0.4, 0.5) is 5.69 Å². The van der Waals surface area contributed by atoms with Crippen LogP contribution in [-0.2, 0) is 9.59 Å². The topological polar surface area (TPSA) is 98.3 Å². The summed E-state index contributed by atoms with van der Waals surface area (Å²) in [6.45, 7) is 4.65. The second-order valence-corrected chi connectivity index (χ2v) is 5.12. The monoisotopic (exact) mass is 291 g/mol. The summed E-state index contributed by atoms with van der Waals surface area (Å²) in [5.74, 6) is -1.57. The van der Waals surface area contributed by atoms with E-state index in [-0.39, 0.29) is 17.9 Å². The van der Waals surface area contributed by atoms with E-state index in [1.807, 2.05) is 0 Å². The molecular weight excluding hydrogens is 272 g/mol. The molecule has 0 bridgehead atoms. The summed E-state index contributed by atoms with van der Waals surface area (Å²) in [6.07, 6.45) is 0.596. The standard InChI is InChI=1S/C15H20N2O4/c1-10(2)7-8-16-13(18)9-14(19)17-12-5-3-11(4-6-12)15(20)21/h3-6,10H,7-9H2,1-2H3,(H,16,18)(H,17,19)(H,20,21)/p-1. The van der Waals surface area contributed by atoms with Gasteiger partial charge in [-0.1, -0.05) is 26.0 Å². The normalized spacial score (nSPS) is 10.2. The molecule has 21 heavy (non-hydrogen) atoms. The number of carbonyl (C=O) groups is 3. The zero-order valence-corrected chi connectivity index (χ0v) is 12.1. The molecule has 0 saturated heterocycles. The van der Waals surface area contributed by atoms with Gasteiger partial charge >= 0.3 is 0 Å². The van der Waals surface area contributed by atoms with E-state index in [9.17, 15) is 19.5 Å². The van der Waals surface area contributed by atoms with Crippen molar-refractivity contribution in [3.63, 3.8) is 0 Å². The lowest BCUT2D eigenvalue weighted by Crippen LogP contribution is -2.29. The van der Waals surface area contributed by atoms with Crippen molar-refractivity contribution in [2.45, 2.75) is 26.7 Å². The maximum Gasteiger partial charge on any atom is 0.233 e. The molecule has 114 valence electrons. The molecule has 1 rings (SSSR count). The fourth-order valence-corrected chi connectivity index (χ4v) is 1.60. The first-order valence-electron chi connectivity index (χ1n) is 6.76. The first kappa shape index (κ1) is 16.7. The predicted molar refractivity (Wildman–Crippen MR) is 76.5 cm³/mol. The number of carboxylic acids is 1. The van der Waals surface area contributed by atoms with E-state index in [1.165, 1.54) is 24.3 Å². The Kier molecular flexibility index (Phi) is 6.39. The first-order valence-corrected chi connectivity index (χ1v) is 6.76. The van der Waals surface area contributed by atoms with Crippen molar-refractivity contribution in [1.29, 1.82) is 0 Å². The molecule has 1 aromatic rings. The smallest absolute Gasteiger partial charge is 0.233 e. The Morgan fingerprint density at radius 2 is 1.71 bits per heavy atom. The third kappa shape index (κ3) is 6.56. The molecule has 0 atom stereocenters. The highest BCUT2D eigenvalue weighted by molar-refractivity contribution is 6.03. The van der Waals surface area contributed by atoms with Gasteiger partial charge in [0.1, 0.15) is 6.42 Å². The van der Waals surface area contributed by atoms with Crippen molar-refractivity contribution in [3.8, 4) is 0 Å². The van der Waals surface area contributed by atoms with E-state index in [1.54, 1.807) is 0 Å². The minimum absolute atomic E-state index is 0.0272. The van der Waals surface area contributed by atoms with Crippen LogP contribution in [0.5, 0.6) is 0 Å². The Labute approximate surface area is 123 Å². The maximum absolute atomic E-state index is 11.6. The zero-order valence-electron chi connectivity index (χ0n) is 12.1. The number of hydrogen-bond donors (Lipinski definition) is 2. The van der Waals surface area contributed by atoms with Gasteiger partial charge in [0.15, 0.2) is 0 Å². The van der Waals surface area contributed by atoms with Crippen LogP contribution in [-0.4, -0.2) is 24.3 Å². The molecule has 0 spiro atoms. The van der Waals surface area contributed by atoms with Crippen LogP contribution in [0.25, 0.3) is 0 Å². The molecule has 0 aromatic heterocycles. The largest absolute Gasteiger partial charge is 0.545 e. The lowest BCUT2D eigenvalue weighted by atomic mass is 10.1. The highest BCUT2D eigenvalue weighted by atomic mass is 16.4. The number of aromatic carboxylic acids is 1. The Bertz CT molecular complexity index is 509. The minimum atomic E-state index is -1.28. The van der Waals surface area contributed by atoms with Crippen molar-refractivity contribution in [1.82, 2.24) is 5.32 Å². The van der Waals surface area contributed by atoms with E-state index in [2.05, 4.69) is 24.5 Å². The van der Waals surface area contributed by atoms with Crippen LogP contribution in [0.1, 0.15) is 37.0 Å². The maximum atomic E-state index is 11.6. The number of nitrogens with one attached hydrogen (secondary N) is 2. The summed E-state index contributed by atoms with van der Waals surface area (Å²) < 4.78 is 0. The third-order valence-corrected chi connectivity index (χ3v) is 2.77. The van der Waals surface area contributed by atoms with Crippen LogP contribution in [0.3, 0.4) is 0 Å². The summed E-state index contributed by atoms with van der Waals surface area (Å²) in [4.78, 5) is 33.7. The van der Waals surface area contributed by atoms with Crippen molar-refractivity contribution < 1.29 is 19.5 Å². The van der Waals surface area contributed by atoms with Crippen LogP contribution >= 0.6 is 0 Å². The SMILES string of the molecule is CC(C)CCNC(=O)CC(=O)Nc1ccc(C(=O)[O-])cc1. The number of benzene rings is 1. The van der Waals surface area contributed by atoms with E-state index in [4.69, 9.17) is 0 Å². The fourth-order valence-electron chi connectivity index (χ4n) is 1.60. The van der Waals surface area contributed by atoms with Crippen molar-refractivity contribution >= 4 is 23.5 Å². The summed E-state index contributed by atoms with van der Waals surface area (Å²) in [6, 6.07) is 5.54. The number of hydrogen-bond acceptors (Lipinski definition) is 4. The average molecular weight is 291 g/mol. The molecule has 0 unspecified atom stereocenters. The molecule has 0 heterocycles. The number of amides is 2. The van der Waals surface area contributed by atoms with Gasteiger partial charge in [-0.3, -0.25) is 9.59 Å². The quantitative estimate of drug-likeness (QED) is 0.716. The molecule has 2 N–H and O–H groups in total. The van der Waals surface area contributed by atoms with Crippen LogP contribution < -0.4 is 15.7 Å². The van der Waals surface area contributed by atoms with Gasteiger partial charge in [-0.2, -0.15) is 0 Å². The predicted octanol–water partition coefficient (Wildman–Crippen LogP) is 0.541. The van der Waals surface area contributed by atoms with Gasteiger partial charge in [0.25, 0.3) is 0 Å². The molecule has 0 fully saturated rings. The summed E-state index contributed by atoms with van der Waals surface area (Å²) >= 11 is 0. The molecule has 6 nitrogen and oxygen atoms in total. The molecular formula is C15H19N2O4-. The Balaban J connectivity index is 2.39. The second-order valence-electron chi connectivity index (χ2n) is 5.12. The van der Waals surface area contributed by atoms with Gasteiger partial charge in [0.2, 0.25) is 11.8 Å². The van der Waals surface area contributed by atoms with E-state index < -0.39 is 11.9 Å². The summed E-state index contributed by atoms with van der Waals surface area (Å²) in [5, 5.41) is 15.8. The first-order chi connectivity index (χ1) is 9.88. The third-order valence-electron chi connectivity index (χ3n) is 2.77. The highest BCUT2D eigenvalue weighted by Gasteiger charge is 2.09. The van der Waals surface area contributed by atoms with Crippen LogP contribution in [0.2, 0.25) is 0 Å². The Hall–Kier alpha value is -2.37. The van der Waals surface area contributed by atoms with Crippen molar-refractivity contribution in [3.05, 3.63) is 29.8 Å². The number of carboxylic acid groups (broad SMARTS) is 1. The molecule has 2 amide bonds. The minimum Gasteiger partial charge on any atom is -0.545 e. The number of rotatable bonds is 7. The second kappa shape index (κ2) is 8.04. The van der Waals surface area contributed by atoms with Crippen LogP contribution in [0, 0.1) is 5.92 Å². The highest BCUT2D eigenvalue weighted by Crippen LogP contribution is 2.09. The molecule has 0 radical (unpaired) electrons. The molecule has 1 aromatic carbocycles. The van der Waals surface area contributed by atoms with E-state index >= 15 is 0 Å². The van der Waals surface area contributed by atoms with Gasteiger partial charge in [-0.15, -0.1) is 0 Å². The van der Waals surface area contributed by atoms with Gasteiger partial charge in [0.05, 0.1) is 5.97 Å². The molecule has 0 aliphatic rings. The number of carbonyl (C=O) groups excluding carboxylic acids is 3. The fraction of sp³-hybridized carbons (Fsp3) is 0.400. The van der Waals surface area contributed by atoms with Gasteiger partial charge in [-0.05, 0) is 30.0 Å².